The lowest BCUT2D eigenvalue weighted by Crippen LogP contribution is -2.36. The minimum Gasteiger partial charge on any atom is -0.378 e. The molecule has 2 aromatic carbocycles. The van der Waals surface area contributed by atoms with Crippen LogP contribution in [0.25, 0.3) is 0 Å². The standard InChI is InChI=1S/C20H21F3N2O3/c21-20(22,23)14-28-13-15-1-3-16(4-2-15)19(26)24-17-5-7-18(8-6-17)25-9-11-27-12-10-25/h1-8H,9-14H2,(H,24,26). The van der Waals surface area contributed by atoms with Gasteiger partial charge < -0.3 is 19.7 Å². The Morgan fingerprint density at radius 1 is 1.04 bits per heavy atom. The second-order valence-corrected chi connectivity index (χ2v) is 6.41. The molecule has 0 aliphatic carbocycles. The highest BCUT2D eigenvalue weighted by atomic mass is 19.4. The van der Waals surface area contributed by atoms with Crippen molar-refractivity contribution in [1.29, 1.82) is 0 Å². The molecule has 3 rings (SSSR count). The molecular weight excluding hydrogens is 373 g/mol. The second-order valence-electron chi connectivity index (χ2n) is 6.41. The summed E-state index contributed by atoms with van der Waals surface area (Å²) >= 11 is 0. The molecule has 1 aliphatic rings. The summed E-state index contributed by atoms with van der Waals surface area (Å²) in [4.78, 5) is 14.6. The number of halogens is 3. The van der Waals surface area contributed by atoms with Gasteiger partial charge in [0.15, 0.2) is 0 Å². The summed E-state index contributed by atoms with van der Waals surface area (Å²) in [5.41, 5.74) is 2.72. The van der Waals surface area contributed by atoms with E-state index in [1.807, 2.05) is 24.3 Å². The zero-order valence-corrected chi connectivity index (χ0v) is 15.2. The highest BCUT2D eigenvalue weighted by Gasteiger charge is 2.27. The lowest BCUT2D eigenvalue weighted by Gasteiger charge is -2.28. The van der Waals surface area contributed by atoms with Crippen molar-refractivity contribution in [3.8, 4) is 0 Å². The predicted molar refractivity (Wildman–Crippen MR) is 99.6 cm³/mol. The Hall–Kier alpha value is -2.58. The van der Waals surface area contributed by atoms with E-state index in [4.69, 9.17) is 4.74 Å². The number of ether oxygens (including phenoxy) is 2. The third kappa shape index (κ3) is 5.97. The average molecular weight is 394 g/mol. The van der Waals surface area contributed by atoms with Gasteiger partial charge in [0, 0.05) is 30.0 Å². The number of benzene rings is 2. The Kier molecular flexibility index (Phi) is 6.53. The number of carbonyl (C=O) groups is 1. The summed E-state index contributed by atoms with van der Waals surface area (Å²) in [6.45, 7) is 1.63. The number of carbonyl (C=O) groups excluding carboxylic acids is 1. The molecule has 1 saturated heterocycles. The number of nitrogens with zero attached hydrogens (tertiary/aromatic N) is 1. The summed E-state index contributed by atoms with van der Waals surface area (Å²) in [5, 5.41) is 2.81. The number of alkyl halides is 3. The summed E-state index contributed by atoms with van der Waals surface area (Å²) in [6.07, 6.45) is -4.35. The quantitative estimate of drug-likeness (QED) is 0.809. The number of rotatable bonds is 6. The van der Waals surface area contributed by atoms with E-state index in [1.54, 1.807) is 24.3 Å². The van der Waals surface area contributed by atoms with Gasteiger partial charge in [-0.1, -0.05) is 12.1 Å². The molecule has 0 spiro atoms. The summed E-state index contributed by atoms with van der Waals surface area (Å²) in [5.74, 6) is -0.290. The van der Waals surface area contributed by atoms with E-state index in [1.165, 1.54) is 0 Å². The molecule has 5 nitrogen and oxygen atoms in total. The molecule has 1 heterocycles. The number of hydrogen-bond acceptors (Lipinski definition) is 4. The van der Waals surface area contributed by atoms with Gasteiger partial charge in [-0.05, 0) is 42.0 Å². The van der Waals surface area contributed by atoms with E-state index in [0.29, 0.717) is 30.0 Å². The van der Waals surface area contributed by atoms with Crippen LogP contribution in [-0.2, 0) is 16.1 Å². The van der Waals surface area contributed by atoms with E-state index >= 15 is 0 Å². The molecule has 0 saturated carbocycles. The lowest BCUT2D eigenvalue weighted by atomic mass is 10.1. The Bertz CT molecular complexity index is 771. The first-order valence-corrected chi connectivity index (χ1v) is 8.88. The van der Waals surface area contributed by atoms with E-state index in [9.17, 15) is 18.0 Å². The third-order valence-electron chi connectivity index (χ3n) is 4.25. The van der Waals surface area contributed by atoms with Crippen LogP contribution in [0.5, 0.6) is 0 Å². The molecule has 2 aromatic rings. The normalized spacial score (nSPS) is 14.8. The van der Waals surface area contributed by atoms with Crippen molar-refractivity contribution < 1.29 is 27.4 Å². The minimum absolute atomic E-state index is 0.162. The molecule has 150 valence electrons. The van der Waals surface area contributed by atoms with Crippen LogP contribution in [0.15, 0.2) is 48.5 Å². The van der Waals surface area contributed by atoms with Gasteiger partial charge in [-0.3, -0.25) is 4.79 Å². The number of hydrogen-bond donors (Lipinski definition) is 1. The number of morpholine rings is 1. The highest BCUT2D eigenvalue weighted by Crippen LogP contribution is 2.20. The van der Waals surface area contributed by atoms with Crippen LogP contribution in [0.3, 0.4) is 0 Å². The number of nitrogens with one attached hydrogen (secondary N) is 1. The van der Waals surface area contributed by atoms with Crippen molar-refractivity contribution in [3.05, 3.63) is 59.7 Å². The van der Waals surface area contributed by atoms with Crippen LogP contribution < -0.4 is 10.2 Å². The van der Waals surface area contributed by atoms with Gasteiger partial charge in [-0.2, -0.15) is 13.2 Å². The first-order chi connectivity index (χ1) is 13.4. The molecule has 0 unspecified atom stereocenters. The van der Waals surface area contributed by atoms with Crippen LogP contribution in [0.2, 0.25) is 0 Å². The smallest absolute Gasteiger partial charge is 0.378 e. The maximum atomic E-state index is 12.3. The fourth-order valence-corrected chi connectivity index (χ4v) is 2.82. The fraction of sp³-hybridized carbons (Fsp3) is 0.350. The molecule has 0 atom stereocenters. The monoisotopic (exact) mass is 394 g/mol. The molecule has 8 heteroatoms. The topological polar surface area (TPSA) is 50.8 Å². The van der Waals surface area contributed by atoms with Crippen molar-refractivity contribution in [1.82, 2.24) is 0 Å². The van der Waals surface area contributed by atoms with Gasteiger partial charge in [-0.25, -0.2) is 0 Å². The van der Waals surface area contributed by atoms with Crippen molar-refractivity contribution in [3.63, 3.8) is 0 Å². The average Bonchev–Trinajstić information content (AvgIpc) is 2.69. The molecule has 1 fully saturated rings. The molecule has 1 aliphatic heterocycles. The van der Waals surface area contributed by atoms with Gasteiger partial charge in [-0.15, -0.1) is 0 Å². The SMILES string of the molecule is O=C(Nc1ccc(N2CCOCC2)cc1)c1ccc(COCC(F)(F)F)cc1. The fourth-order valence-electron chi connectivity index (χ4n) is 2.82. The molecule has 0 radical (unpaired) electrons. The first-order valence-electron chi connectivity index (χ1n) is 8.88. The summed E-state index contributed by atoms with van der Waals surface area (Å²) in [7, 11) is 0. The van der Waals surface area contributed by atoms with Crippen LogP contribution in [-0.4, -0.2) is 45.0 Å². The maximum absolute atomic E-state index is 12.3. The molecular formula is C20H21F3N2O3. The van der Waals surface area contributed by atoms with Gasteiger partial charge in [0.2, 0.25) is 0 Å². The van der Waals surface area contributed by atoms with E-state index in [-0.39, 0.29) is 12.5 Å². The zero-order chi connectivity index (χ0) is 20.0. The summed E-state index contributed by atoms with van der Waals surface area (Å²) < 4.78 is 46.2. The van der Waals surface area contributed by atoms with Crippen molar-refractivity contribution in [2.45, 2.75) is 12.8 Å². The van der Waals surface area contributed by atoms with Gasteiger partial charge in [0.05, 0.1) is 19.8 Å². The molecule has 1 N–H and O–H groups in total. The van der Waals surface area contributed by atoms with Gasteiger partial charge in [0.25, 0.3) is 5.91 Å². The second kappa shape index (κ2) is 9.07. The molecule has 1 amide bonds. The van der Waals surface area contributed by atoms with Crippen LogP contribution >= 0.6 is 0 Å². The van der Waals surface area contributed by atoms with Gasteiger partial charge in [0.1, 0.15) is 6.61 Å². The zero-order valence-electron chi connectivity index (χ0n) is 15.2. The maximum Gasteiger partial charge on any atom is 0.411 e. The van der Waals surface area contributed by atoms with E-state index in [2.05, 4.69) is 15.0 Å². The predicted octanol–water partition coefficient (Wildman–Crippen LogP) is 3.85. The van der Waals surface area contributed by atoms with Crippen LogP contribution in [0.1, 0.15) is 15.9 Å². The number of anilines is 2. The van der Waals surface area contributed by atoms with Crippen molar-refractivity contribution in [2.24, 2.45) is 0 Å². The largest absolute Gasteiger partial charge is 0.411 e. The van der Waals surface area contributed by atoms with Crippen molar-refractivity contribution in [2.75, 3.05) is 43.1 Å². The molecule has 0 aromatic heterocycles. The van der Waals surface area contributed by atoms with Crippen LogP contribution in [0, 0.1) is 0 Å². The molecule has 28 heavy (non-hydrogen) atoms. The number of amides is 1. The van der Waals surface area contributed by atoms with E-state index < -0.39 is 12.8 Å². The van der Waals surface area contributed by atoms with Crippen LogP contribution in [0.4, 0.5) is 24.5 Å². The lowest BCUT2D eigenvalue weighted by molar-refractivity contribution is -0.176. The Morgan fingerprint density at radius 3 is 2.29 bits per heavy atom. The Morgan fingerprint density at radius 2 is 1.68 bits per heavy atom. The Labute approximate surface area is 161 Å². The third-order valence-corrected chi connectivity index (χ3v) is 4.25. The van der Waals surface area contributed by atoms with Gasteiger partial charge >= 0.3 is 6.18 Å². The van der Waals surface area contributed by atoms with E-state index in [0.717, 1.165) is 18.8 Å². The minimum atomic E-state index is -4.35. The molecule has 0 bridgehead atoms. The summed E-state index contributed by atoms with van der Waals surface area (Å²) in [6, 6.07) is 13.8. The first kappa shape index (κ1) is 20.2. The highest BCUT2D eigenvalue weighted by molar-refractivity contribution is 6.04. The Balaban J connectivity index is 1.52. The van der Waals surface area contributed by atoms with Crippen molar-refractivity contribution >= 4 is 17.3 Å².